The third kappa shape index (κ3) is 6.10. The van der Waals surface area contributed by atoms with Crippen molar-refractivity contribution >= 4 is 28.9 Å². The minimum Gasteiger partial charge on any atom is -0.343 e. The average Bonchev–Trinajstić information content (AvgIpc) is 3.17. The topological polar surface area (TPSA) is 71.0 Å². The Balaban J connectivity index is 1.62. The van der Waals surface area contributed by atoms with Gasteiger partial charge in [-0.3, -0.25) is 4.79 Å². The first kappa shape index (κ1) is 21.9. The van der Waals surface area contributed by atoms with E-state index in [2.05, 4.69) is 22.2 Å². The largest absolute Gasteiger partial charge is 0.343 e. The van der Waals surface area contributed by atoms with Crippen LogP contribution in [0.3, 0.4) is 0 Å². The predicted molar refractivity (Wildman–Crippen MR) is 123 cm³/mol. The van der Waals surface area contributed by atoms with E-state index in [1.54, 1.807) is 24.5 Å². The molecule has 0 aliphatic heterocycles. The molecule has 0 radical (unpaired) electrons. The standard InChI is InChI=1S/C23H29N5OS/c1-5-28(18(4)29)12-10-17(3)14-23-25-15-20(30-23)19-7-6-8-21(26-19)27-22-13-16(2)9-11-24-22/h6-9,11,13,15,17H,5,10,12,14H2,1-4H3,(H,24,26,27). The van der Waals surface area contributed by atoms with Gasteiger partial charge in [0, 0.05) is 38.8 Å². The second-order valence-corrected chi connectivity index (χ2v) is 8.68. The molecule has 1 amide bonds. The van der Waals surface area contributed by atoms with Crippen molar-refractivity contribution < 1.29 is 4.79 Å². The summed E-state index contributed by atoms with van der Waals surface area (Å²) >= 11 is 1.68. The summed E-state index contributed by atoms with van der Waals surface area (Å²) in [4.78, 5) is 28.2. The maximum atomic E-state index is 11.6. The summed E-state index contributed by atoms with van der Waals surface area (Å²) in [6.07, 6.45) is 5.57. The molecule has 158 valence electrons. The molecule has 0 bridgehead atoms. The van der Waals surface area contributed by atoms with Gasteiger partial charge in [0.05, 0.1) is 15.6 Å². The molecule has 6 nitrogen and oxygen atoms in total. The minimum atomic E-state index is 0.140. The normalized spacial score (nSPS) is 11.9. The smallest absolute Gasteiger partial charge is 0.219 e. The number of carbonyl (C=O) groups is 1. The van der Waals surface area contributed by atoms with Crippen LogP contribution in [0.5, 0.6) is 0 Å². The number of hydrogen-bond donors (Lipinski definition) is 1. The van der Waals surface area contributed by atoms with Crippen LogP contribution in [0, 0.1) is 12.8 Å². The fraction of sp³-hybridized carbons (Fsp3) is 0.391. The Morgan fingerprint density at radius 2 is 2.07 bits per heavy atom. The molecule has 0 saturated carbocycles. The van der Waals surface area contributed by atoms with Crippen LogP contribution in [0.2, 0.25) is 0 Å². The highest BCUT2D eigenvalue weighted by Gasteiger charge is 2.13. The molecule has 0 fully saturated rings. The number of aromatic nitrogens is 3. The van der Waals surface area contributed by atoms with Gasteiger partial charge in [-0.15, -0.1) is 11.3 Å². The van der Waals surface area contributed by atoms with E-state index in [0.717, 1.165) is 58.7 Å². The number of thiazole rings is 1. The quantitative estimate of drug-likeness (QED) is 0.519. The number of nitrogens with one attached hydrogen (secondary N) is 1. The molecule has 0 aliphatic carbocycles. The number of hydrogen-bond acceptors (Lipinski definition) is 6. The van der Waals surface area contributed by atoms with Gasteiger partial charge in [-0.1, -0.05) is 13.0 Å². The molecule has 0 aliphatic rings. The van der Waals surface area contributed by atoms with E-state index in [-0.39, 0.29) is 5.91 Å². The van der Waals surface area contributed by atoms with Gasteiger partial charge in [0.15, 0.2) is 0 Å². The molecule has 3 aromatic heterocycles. The molecule has 7 heteroatoms. The molecule has 3 aromatic rings. The highest BCUT2D eigenvalue weighted by molar-refractivity contribution is 7.15. The number of pyridine rings is 2. The van der Waals surface area contributed by atoms with Crippen LogP contribution in [-0.4, -0.2) is 38.8 Å². The Kier molecular flexibility index (Phi) is 7.52. The zero-order valence-corrected chi connectivity index (χ0v) is 18.9. The van der Waals surface area contributed by atoms with Crippen LogP contribution in [-0.2, 0) is 11.2 Å². The lowest BCUT2D eigenvalue weighted by Gasteiger charge is -2.20. The molecule has 1 N–H and O–H groups in total. The van der Waals surface area contributed by atoms with E-state index >= 15 is 0 Å². The zero-order valence-electron chi connectivity index (χ0n) is 18.1. The van der Waals surface area contributed by atoms with E-state index in [9.17, 15) is 4.79 Å². The lowest BCUT2D eigenvalue weighted by atomic mass is 10.0. The first-order valence-corrected chi connectivity index (χ1v) is 11.1. The SMILES string of the molecule is CCN(CCC(C)Cc1ncc(-c2cccc(Nc3cc(C)ccn3)n2)s1)C(C)=O. The van der Waals surface area contributed by atoms with Gasteiger partial charge in [-0.25, -0.2) is 15.0 Å². The summed E-state index contributed by atoms with van der Waals surface area (Å²) in [5.41, 5.74) is 2.05. The maximum absolute atomic E-state index is 11.6. The number of carbonyl (C=O) groups excluding carboxylic acids is 1. The molecule has 1 unspecified atom stereocenters. The molecular weight excluding hydrogens is 394 g/mol. The van der Waals surface area contributed by atoms with Crippen LogP contribution in [0.4, 0.5) is 11.6 Å². The number of anilines is 2. The summed E-state index contributed by atoms with van der Waals surface area (Å²) in [7, 11) is 0. The Bertz CT molecular complexity index is 987. The zero-order chi connectivity index (χ0) is 21.5. The van der Waals surface area contributed by atoms with Gasteiger partial charge < -0.3 is 10.2 Å². The first-order chi connectivity index (χ1) is 14.4. The molecule has 30 heavy (non-hydrogen) atoms. The highest BCUT2D eigenvalue weighted by Crippen LogP contribution is 2.28. The molecule has 1 atom stereocenters. The highest BCUT2D eigenvalue weighted by atomic mass is 32.1. The van der Waals surface area contributed by atoms with Crippen LogP contribution < -0.4 is 5.32 Å². The number of rotatable bonds is 9. The predicted octanol–water partition coefficient (Wildman–Crippen LogP) is 5.09. The van der Waals surface area contributed by atoms with Gasteiger partial charge in [0.25, 0.3) is 0 Å². The fourth-order valence-corrected chi connectivity index (χ4v) is 4.27. The van der Waals surface area contributed by atoms with E-state index < -0.39 is 0 Å². The molecular formula is C23H29N5OS. The van der Waals surface area contributed by atoms with Crippen molar-refractivity contribution in [1.82, 2.24) is 19.9 Å². The molecule has 0 spiro atoms. The monoisotopic (exact) mass is 423 g/mol. The van der Waals surface area contributed by atoms with Crippen LogP contribution in [0.15, 0.2) is 42.7 Å². The summed E-state index contributed by atoms with van der Waals surface area (Å²) < 4.78 is 0. The average molecular weight is 424 g/mol. The van der Waals surface area contributed by atoms with Crippen LogP contribution >= 0.6 is 11.3 Å². The van der Waals surface area contributed by atoms with Crippen molar-refractivity contribution in [2.45, 2.75) is 40.5 Å². The third-order valence-electron chi connectivity index (χ3n) is 4.97. The summed E-state index contributed by atoms with van der Waals surface area (Å²) in [5, 5.41) is 4.37. The number of nitrogens with zero attached hydrogens (tertiary/aromatic N) is 4. The Morgan fingerprint density at radius 1 is 1.23 bits per heavy atom. The lowest BCUT2D eigenvalue weighted by Crippen LogP contribution is -2.30. The van der Waals surface area contributed by atoms with Crippen LogP contribution in [0.25, 0.3) is 10.6 Å². The summed E-state index contributed by atoms with van der Waals surface area (Å²) in [6, 6.07) is 9.89. The second-order valence-electron chi connectivity index (χ2n) is 7.57. The molecule has 3 rings (SSSR count). The van der Waals surface area contributed by atoms with Gasteiger partial charge >= 0.3 is 0 Å². The van der Waals surface area contributed by atoms with Crippen molar-refractivity contribution in [3.8, 4) is 10.6 Å². The molecule has 0 saturated heterocycles. The third-order valence-corrected chi connectivity index (χ3v) is 6.01. The second kappa shape index (κ2) is 10.3. The van der Waals surface area contributed by atoms with Gasteiger partial charge in [-0.05, 0) is 56.0 Å². The van der Waals surface area contributed by atoms with Crippen molar-refractivity contribution in [3.63, 3.8) is 0 Å². The lowest BCUT2D eigenvalue weighted by molar-refractivity contribution is -0.128. The van der Waals surface area contributed by atoms with Gasteiger partial charge in [0.1, 0.15) is 11.6 Å². The maximum Gasteiger partial charge on any atom is 0.219 e. The van der Waals surface area contributed by atoms with Crippen LogP contribution in [0.1, 0.15) is 37.8 Å². The number of aryl methyl sites for hydroxylation is 1. The fourth-order valence-electron chi connectivity index (χ4n) is 3.21. The Labute approximate surface area is 182 Å². The molecule has 3 heterocycles. The van der Waals surface area contributed by atoms with Crippen molar-refractivity contribution in [2.75, 3.05) is 18.4 Å². The van der Waals surface area contributed by atoms with E-state index in [0.29, 0.717) is 5.92 Å². The van der Waals surface area contributed by atoms with E-state index in [4.69, 9.17) is 4.98 Å². The minimum absolute atomic E-state index is 0.140. The van der Waals surface area contributed by atoms with Crippen molar-refractivity contribution in [3.05, 3.63) is 53.3 Å². The van der Waals surface area contributed by atoms with E-state index in [1.807, 2.05) is 55.3 Å². The first-order valence-electron chi connectivity index (χ1n) is 10.3. The van der Waals surface area contributed by atoms with Crippen molar-refractivity contribution in [2.24, 2.45) is 5.92 Å². The number of amides is 1. The Hall–Kier alpha value is -2.80. The van der Waals surface area contributed by atoms with Gasteiger partial charge in [0.2, 0.25) is 5.91 Å². The molecule has 0 aromatic carbocycles. The van der Waals surface area contributed by atoms with Crippen molar-refractivity contribution in [1.29, 1.82) is 0 Å². The van der Waals surface area contributed by atoms with Gasteiger partial charge in [-0.2, -0.15) is 0 Å². The summed E-state index contributed by atoms with van der Waals surface area (Å²) in [5.74, 6) is 2.15. The van der Waals surface area contributed by atoms with E-state index in [1.165, 1.54) is 0 Å². The Morgan fingerprint density at radius 3 is 2.80 bits per heavy atom. The summed E-state index contributed by atoms with van der Waals surface area (Å²) in [6.45, 7) is 9.46.